The van der Waals surface area contributed by atoms with Gasteiger partial charge in [-0.3, -0.25) is 0 Å². The Bertz CT molecular complexity index is 315. The van der Waals surface area contributed by atoms with Gasteiger partial charge in [-0.2, -0.15) is 0 Å². The maximum absolute atomic E-state index is 9.81. The predicted molar refractivity (Wildman–Crippen MR) is 116 cm³/mol. The molecule has 0 saturated carbocycles. The third kappa shape index (κ3) is 8.90. The second kappa shape index (κ2) is 14.0. The molecular weight excluding hydrogens is 341 g/mol. The summed E-state index contributed by atoms with van der Waals surface area (Å²) in [5, 5.41) is 9.81. The second-order valence-electron chi connectivity index (χ2n) is 7.56. The van der Waals surface area contributed by atoms with Crippen LogP contribution in [0, 0.1) is 11.2 Å². The van der Waals surface area contributed by atoms with Crippen LogP contribution in [0.3, 0.4) is 0 Å². The van der Waals surface area contributed by atoms with Crippen LogP contribution < -0.4 is 0 Å². The minimum Gasteiger partial charge on any atom is -0.441 e. The molecule has 0 atom stereocenters. The Kier molecular flexibility index (Phi) is 14.0. The van der Waals surface area contributed by atoms with Crippen molar-refractivity contribution in [1.82, 2.24) is 0 Å². The summed E-state index contributed by atoms with van der Waals surface area (Å²) < 4.78 is 13.2. The fourth-order valence-electron chi connectivity index (χ4n) is 4.37. The van der Waals surface area contributed by atoms with Gasteiger partial charge >= 0.3 is 7.12 Å². The highest BCUT2D eigenvalue weighted by atomic mass is 28.4. The molecule has 0 rings (SSSR count). The van der Waals surface area contributed by atoms with Gasteiger partial charge in [0.05, 0.1) is 5.97 Å². The summed E-state index contributed by atoms with van der Waals surface area (Å²) in [5.74, 6) is 2.39. The van der Waals surface area contributed by atoms with Crippen LogP contribution >= 0.6 is 0 Å². The van der Waals surface area contributed by atoms with Crippen molar-refractivity contribution in [3.8, 4) is 5.97 Å². The molecule has 0 spiro atoms. The number of nitrogens with zero attached hydrogens (tertiary/aromatic N) is 1. The minimum absolute atomic E-state index is 0.632. The van der Waals surface area contributed by atoms with Gasteiger partial charge in [-0.05, 0) is 36.3 Å². The van der Waals surface area contributed by atoms with Gasteiger partial charge in [-0.15, -0.1) is 0 Å². The van der Waals surface area contributed by atoms with Crippen molar-refractivity contribution in [2.75, 3.05) is 0 Å². The van der Waals surface area contributed by atoms with Gasteiger partial charge in [0.25, 0.3) is 0 Å². The van der Waals surface area contributed by atoms with Crippen LogP contribution in [0.25, 0.3) is 0 Å². The van der Waals surface area contributed by atoms with Crippen LogP contribution in [-0.2, 0) is 8.69 Å². The largest absolute Gasteiger partial charge is 0.557 e. The van der Waals surface area contributed by atoms with Gasteiger partial charge in [0.1, 0.15) is 0 Å². The lowest BCUT2D eigenvalue weighted by molar-refractivity contribution is 0.408. The first kappa shape index (κ1) is 24.9. The predicted octanol–water partition coefficient (Wildman–Crippen LogP) is 6.92. The third-order valence-corrected chi connectivity index (χ3v) is 14.9. The highest BCUT2D eigenvalue weighted by Gasteiger charge is 2.42. The van der Waals surface area contributed by atoms with Crippen LogP contribution in [-0.4, -0.2) is 23.8 Å². The summed E-state index contributed by atoms with van der Waals surface area (Å²) in [7, 11) is -4.38. The summed E-state index contributed by atoms with van der Waals surface area (Å²) in [4.78, 5) is 0. The summed E-state index contributed by atoms with van der Waals surface area (Å²) in [6, 6.07) is 6.92. The van der Waals surface area contributed by atoms with Gasteiger partial charge in [0.2, 0.25) is 0 Å². The first-order chi connectivity index (χ1) is 12.0. The van der Waals surface area contributed by atoms with Crippen molar-refractivity contribution in [3.63, 3.8) is 0 Å². The summed E-state index contributed by atoms with van der Waals surface area (Å²) in [6.45, 7) is 13.4. The molecule has 0 aliphatic carbocycles. The van der Waals surface area contributed by atoms with Crippen LogP contribution in [0.1, 0.15) is 80.1 Å². The van der Waals surface area contributed by atoms with E-state index in [1.807, 2.05) is 0 Å². The van der Waals surface area contributed by atoms with E-state index in [1.165, 1.54) is 0 Å². The molecule has 0 saturated heterocycles. The van der Waals surface area contributed by atoms with E-state index in [4.69, 9.17) is 8.69 Å². The molecular formula is C19H42BNO2Si2. The Morgan fingerprint density at radius 3 is 1.00 bits per heavy atom. The van der Waals surface area contributed by atoms with Crippen molar-refractivity contribution in [1.29, 1.82) is 5.26 Å². The number of nitriles is 1. The molecule has 0 amide bonds. The molecule has 0 aliphatic rings. The molecule has 0 unspecified atom stereocenters. The molecule has 0 radical (unpaired) electrons. The van der Waals surface area contributed by atoms with Crippen molar-refractivity contribution < 1.29 is 8.69 Å². The van der Waals surface area contributed by atoms with Gasteiger partial charge in [0, 0.05) is 0 Å². The summed E-state index contributed by atoms with van der Waals surface area (Å²) in [5.41, 5.74) is 0. The highest BCUT2D eigenvalue weighted by molar-refractivity contribution is 6.85. The van der Waals surface area contributed by atoms with Crippen LogP contribution in [0.2, 0.25) is 36.3 Å². The Balaban J connectivity index is 5.38. The standard InChI is InChI=1S/C19H42BNO2Si2/c1-7-13-24(14-8-2,15-9-3)22-20(19-21)23-25(16-10-4,17-11-5)18-12-6/h7-18H2,1-6H3. The fourth-order valence-corrected chi connectivity index (χ4v) is 13.2. The van der Waals surface area contributed by atoms with Gasteiger partial charge in [0.15, 0.2) is 16.6 Å². The average Bonchev–Trinajstić information content (AvgIpc) is 2.55. The zero-order valence-electron chi connectivity index (χ0n) is 17.8. The zero-order valence-corrected chi connectivity index (χ0v) is 19.8. The van der Waals surface area contributed by atoms with Crippen LogP contribution in [0.15, 0.2) is 0 Å². The molecule has 146 valence electrons. The molecule has 25 heavy (non-hydrogen) atoms. The molecule has 0 aromatic heterocycles. The normalized spacial score (nSPS) is 12.2. The number of rotatable bonds is 16. The highest BCUT2D eigenvalue weighted by Crippen LogP contribution is 2.32. The summed E-state index contributed by atoms with van der Waals surface area (Å²) >= 11 is 0. The molecule has 0 aromatic rings. The van der Waals surface area contributed by atoms with Crippen molar-refractivity contribution >= 4 is 23.8 Å². The fraction of sp³-hybridized carbons (Fsp3) is 0.947. The topological polar surface area (TPSA) is 42.2 Å². The smallest absolute Gasteiger partial charge is 0.441 e. The van der Waals surface area contributed by atoms with E-state index in [-0.39, 0.29) is 0 Å². The summed E-state index contributed by atoms with van der Waals surface area (Å²) in [6.07, 6.45) is 6.87. The molecule has 6 heteroatoms. The van der Waals surface area contributed by atoms with E-state index in [0.29, 0.717) is 0 Å². The number of hydrogen-bond donors (Lipinski definition) is 0. The first-order valence-electron chi connectivity index (χ1n) is 10.8. The molecule has 0 heterocycles. The Labute approximate surface area is 160 Å². The lowest BCUT2D eigenvalue weighted by Gasteiger charge is -2.37. The van der Waals surface area contributed by atoms with Crippen LogP contribution in [0.5, 0.6) is 0 Å². The SMILES string of the molecule is CCC[Si](CCC)(CCC)OB(C#N)O[Si](CCC)(CCC)CCC. The molecule has 0 N–H and O–H groups in total. The first-order valence-corrected chi connectivity index (χ1v) is 15.8. The zero-order chi connectivity index (χ0) is 19.2. The molecule has 0 aliphatic heterocycles. The minimum atomic E-state index is -1.87. The maximum atomic E-state index is 9.81. The molecule has 0 bridgehead atoms. The van der Waals surface area contributed by atoms with E-state index in [1.54, 1.807) is 0 Å². The van der Waals surface area contributed by atoms with E-state index in [9.17, 15) is 5.26 Å². The van der Waals surface area contributed by atoms with Crippen molar-refractivity contribution in [2.24, 2.45) is 0 Å². The monoisotopic (exact) mass is 383 g/mol. The van der Waals surface area contributed by atoms with Gasteiger partial charge in [-0.1, -0.05) is 80.1 Å². The van der Waals surface area contributed by atoms with Gasteiger partial charge in [-0.25, -0.2) is 5.26 Å². The van der Waals surface area contributed by atoms with E-state index in [2.05, 4.69) is 47.5 Å². The average molecular weight is 384 g/mol. The van der Waals surface area contributed by atoms with Crippen LogP contribution in [0.4, 0.5) is 0 Å². The van der Waals surface area contributed by atoms with Crippen molar-refractivity contribution in [3.05, 3.63) is 0 Å². The van der Waals surface area contributed by atoms with E-state index in [0.717, 1.165) is 74.8 Å². The molecule has 3 nitrogen and oxygen atoms in total. The quantitative estimate of drug-likeness (QED) is 0.272. The number of hydrogen-bond acceptors (Lipinski definition) is 3. The Hall–Kier alpha value is -0.0913. The van der Waals surface area contributed by atoms with E-state index < -0.39 is 23.8 Å². The Morgan fingerprint density at radius 2 is 0.840 bits per heavy atom. The Morgan fingerprint density at radius 1 is 0.600 bits per heavy atom. The van der Waals surface area contributed by atoms with E-state index >= 15 is 0 Å². The third-order valence-electron chi connectivity index (χ3n) is 5.05. The van der Waals surface area contributed by atoms with Crippen molar-refractivity contribution in [2.45, 2.75) is 116 Å². The lowest BCUT2D eigenvalue weighted by Crippen LogP contribution is -2.50. The molecule has 0 aromatic carbocycles. The van der Waals surface area contributed by atoms with Gasteiger partial charge < -0.3 is 8.69 Å². The lowest BCUT2D eigenvalue weighted by atomic mass is 9.97. The second-order valence-corrected chi connectivity index (χ2v) is 15.8. The maximum Gasteiger partial charge on any atom is 0.557 e. The molecule has 0 fully saturated rings.